The van der Waals surface area contributed by atoms with Crippen LogP contribution in [-0.2, 0) is 17.9 Å². The van der Waals surface area contributed by atoms with Gasteiger partial charge in [-0.05, 0) is 49.4 Å². The first kappa shape index (κ1) is 24.2. The molecule has 0 aromatic heterocycles. The Morgan fingerprint density at radius 1 is 1.10 bits per heavy atom. The number of aryl methyl sites for hydroxylation is 1. The Morgan fingerprint density at radius 2 is 1.73 bits per heavy atom. The summed E-state index contributed by atoms with van der Waals surface area (Å²) in [4.78, 5) is 19.1. The molecule has 30 heavy (non-hydrogen) atoms. The maximum Gasteiger partial charge on any atom is 0.223 e. The number of carbonyl (C=O) groups is 1. The first-order valence-electron chi connectivity index (χ1n) is 10.5. The molecule has 0 spiro atoms. The van der Waals surface area contributed by atoms with Crippen molar-refractivity contribution in [2.75, 3.05) is 13.1 Å². The molecule has 2 N–H and O–H groups in total. The lowest BCUT2D eigenvalue weighted by molar-refractivity contribution is -0.131. The zero-order valence-corrected chi connectivity index (χ0v) is 20.5. The number of carbonyl (C=O) groups excluding carboxylic acids is 1. The average molecular weight is 520 g/mol. The lowest BCUT2D eigenvalue weighted by atomic mass is 10.0. The minimum Gasteiger partial charge on any atom is -0.357 e. The third-order valence-electron chi connectivity index (χ3n) is 5.36. The molecule has 0 fully saturated rings. The van der Waals surface area contributed by atoms with Gasteiger partial charge >= 0.3 is 0 Å². The summed E-state index contributed by atoms with van der Waals surface area (Å²) >= 11 is 0. The maximum atomic E-state index is 12.5. The van der Waals surface area contributed by atoms with Crippen LogP contribution in [0.2, 0.25) is 0 Å². The third-order valence-corrected chi connectivity index (χ3v) is 5.36. The van der Waals surface area contributed by atoms with Crippen molar-refractivity contribution in [3.8, 4) is 0 Å². The largest absolute Gasteiger partial charge is 0.357 e. The fourth-order valence-corrected chi connectivity index (χ4v) is 3.76. The predicted molar refractivity (Wildman–Crippen MR) is 134 cm³/mol. The quantitative estimate of drug-likeness (QED) is 0.244. The molecule has 1 unspecified atom stereocenters. The number of halogens is 1. The molecule has 2 aromatic rings. The van der Waals surface area contributed by atoms with E-state index in [2.05, 4.69) is 72.8 Å². The second kappa shape index (κ2) is 11.9. The number of fused-ring (bicyclic) bond motifs is 1. The van der Waals surface area contributed by atoms with E-state index < -0.39 is 0 Å². The number of nitrogens with zero attached hydrogens (tertiary/aromatic N) is 2. The molecule has 2 aromatic carbocycles. The van der Waals surface area contributed by atoms with E-state index in [1.807, 2.05) is 17.0 Å². The van der Waals surface area contributed by atoms with Crippen molar-refractivity contribution >= 4 is 35.8 Å². The monoisotopic (exact) mass is 520 g/mol. The molecule has 0 saturated heterocycles. The third kappa shape index (κ3) is 6.45. The first-order valence-corrected chi connectivity index (χ1v) is 10.5. The van der Waals surface area contributed by atoms with E-state index in [1.165, 1.54) is 22.3 Å². The van der Waals surface area contributed by atoms with Gasteiger partial charge in [0.15, 0.2) is 5.96 Å². The standard InChI is InChI=1S/C24H32N4O.HI/c1-4-25-24(27-19(3)22-13-8-5-10-18(22)2)26-15-9-14-23(29)28-16-20-11-6-7-12-21(20)17-28;/h5-8,10-13,19H,4,9,14-17H2,1-3H3,(H2,25,26,27);1H. The Labute approximate surface area is 197 Å². The van der Waals surface area contributed by atoms with Gasteiger partial charge in [-0.15, -0.1) is 24.0 Å². The molecule has 0 bridgehead atoms. The maximum absolute atomic E-state index is 12.5. The number of aliphatic imine (C=N–C) groups is 1. The number of benzene rings is 2. The van der Waals surface area contributed by atoms with E-state index in [0.29, 0.717) is 13.0 Å². The van der Waals surface area contributed by atoms with Gasteiger partial charge in [-0.2, -0.15) is 0 Å². The van der Waals surface area contributed by atoms with Gasteiger partial charge < -0.3 is 15.5 Å². The molecule has 162 valence electrons. The van der Waals surface area contributed by atoms with Crippen molar-refractivity contribution in [1.82, 2.24) is 15.5 Å². The molecule has 3 rings (SSSR count). The summed E-state index contributed by atoms with van der Waals surface area (Å²) in [6.07, 6.45) is 1.28. The van der Waals surface area contributed by atoms with Crippen LogP contribution in [0, 0.1) is 6.92 Å². The number of amides is 1. The normalized spacial score (nSPS) is 14.0. The second-order valence-electron chi connectivity index (χ2n) is 7.61. The smallest absolute Gasteiger partial charge is 0.223 e. The highest BCUT2D eigenvalue weighted by Gasteiger charge is 2.22. The first-order chi connectivity index (χ1) is 14.1. The molecule has 1 heterocycles. The topological polar surface area (TPSA) is 56.7 Å². The SMILES string of the molecule is CCNC(=NCCCC(=O)N1Cc2ccccc2C1)NC(C)c1ccccc1C.I. The van der Waals surface area contributed by atoms with E-state index in [9.17, 15) is 4.79 Å². The van der Waals surface area contributed by atoms with E-state index in [0.717, 1.165) is 32.0 Å². The van der Waals surface area contributed by atoms with Gasteiger partial charge in [-0.25, -0.2) is 0 Å². The van der Waals surface area contributed by atoms with Gasteiger partial charge in [-0.3, -0.25) is 9.79 Å². The Hall–Kier alpha value is -2.09. The number of hydrogen-bond donors (Lipinski definition) is 2. The fourth-order valence-electron chi connectivity index (χ4n) is 3.76. The Morgan fingerprint density at radius 3 is 2.37 bits per heavy atom. The molecule has 1 aliphatic heterocycles. The summed E-state index contributed by atoms with van der Waals surface area (Å²) in [7, 11) is 0. The average Bonchev–Trinajstić information content (AvgIpc) is 3.16. The fraction of sp³-hybridized carbons (Fsp3) is 0.417. The number of rotatable bonds is 7. The van der Waals surface area contributed by atoms with Crippen LogP contribution in [0.5, 0.6) is 0 Å². The van der Waals surface area contributed by atoms with Gasteiger partial charge in [0.05, 0.1) is 6.04 Å². The molecule has 6 heteroatoms. The van der Waals surface area contributed by atoms with E-state index in [-0.39, 0.29) is 35.9 Å². The molecule has 0 aliphatic carbocycles. The number of hydrogen-bond acceptors (Lipinski definition) is 2. The van der Waals surface area contributed by atoms with Crippen LogP contribution in [0.1, 0.15) is 55.0 Å². The molecule has 1 amide bonds. The summed E-state index contributed by atoms with van der Waals surface area (Å²) in [5.74, 6) is 1.01. The zero-order chi connectivity index (χ0) is 20.6. The Balaban J connectivity index is 0.00000320. The second-order valence-corrected chi connectivity index (χ2v) is 7.61. The highest BCUT2D eigenvalue weighted by molar-refractivity contribution is 14.0. The lowest BCUT2D eigenvalue weighted by Crippen LogP contribution is -2.39. The molecule has 1 atom stereocenters. The van der Waals surface area contributed by atoms with E-state index in [4.69, 9.17) is 0 Å². The molecular weight excluding hydrogens is 487 g/mol. The van der Waals surface area contributed by atoms with Crippen LogP contribution in [0.15, 0.2) is 53.5 Å². The molecule has 0 radical (unpaired) electrons. The van der Waals surface area contributed by atoms with Crippen LogP contribution in [0.4, 0.5) is 0 Å². The highest BCUT2D eigenvalue weighted by atomic mass is 127. The summed E-state index contributed by atoms with van der Waals surface area (Å²) in [5.41, 5.74) is 5.06. The molecular formula is C24H33IN4O. The zero-order valence-electron chi connectivity index (χ0n) is 18.1. The minimum absolute atomic E-state index is 0. The number of guanidine groups is 1. The molecule has 0 saturated carbocycles. The Kier molecular flexibility index (Phi) is 9.62. The van der Waals surface area contributed by atoms with Gasteiger partial charge in [0.1, 0.15) is 0 Å². The van der Waals surface area contributed by atoms with Crippen LogP contribution in [0.25, 0.3) is 0 Å². The van der Waals surface area contributed by atoms with Crippen molar-refractivity contribution < 1.29 is 4.79 Å². The van der Waals surface area contributed by atoms with Crippen molar-refractivity contribution in [2.24, 2.45) is 4.99 Å². The predicted octanol–water partition coefficient (Wildman–Crippen LogP) is 4.55. The van der Waals surface area contributed by atoms with Crippen molar-refractivity contribution in [3.63, 3.8) is 0 Å². The lowest BCUT2D eigenvalue weighted by Gasteiger charge is -2.20. The summed E-state index contributed by atoms with van der Waals surface area (Å²) in [6, 6.07) is 16.8. The van der Waals surface area contributed by atoms with Crippen LogP contribution in [-0.4, -0.2) is 29.9 Å². The van der Waals surface area contributed by atoms with Crippen molar-refractivity contribution in [2.45, 2.75) is 52.7 Å². The van der Waals surface area contributed by atoms with E-state index in [1.54, 1.807) is 0 Å². The number of nitrogens with one attached hydrogen (secondary N) is 2. The van der Waals surface area contributed by atoms with Crippen molar-refractivity contribution in [1.29, 1.82) is 0 Å². The van der Waals surface area contributed by atoms with Crippen LogP contribution < -0.4 is 10.6 Å². The van der Waals surface area contributed by atoms with Gasteiger partial charge in [0, 0.05) is 32.6 Å². The van der Waals surface area contributed by atoms with Gasteiger partial charge in [-0.1, -0.05) is 48.5 Å². The van der Waals surface area contributed by atoms with Crippen LogP contribution in [0.3, 0.4) is 0 Å². The van der Waals surface area contributed by atoms with Crippen molar-refractivity contribution in [3.05, 3.63) is 70.8 Å². The summed E-state index contributed by atoms with van der Waals surface area (Å²) in [5, 5.41) is 6.78. The molecule has 1 aliphatic rings. The molecule has 5 nitrogen and oxygen atoms in total. The minimum atomic E-state index is 0. The summed E-state index contributed by atoms with van der Waals surface area (Å²) < 4.78 is 0. The van der Waals surface area contributed by atoms with Gasteiger partial charge in [0.2, 0.25) is 5.91 Å². The summed E-state index contributed by atoms with van der Waals surface area (Å²) in [6.45, 7) is 9.22. The van der Waals surface area contributed by atoms with Gasteiger partial charge in [0.25, 0.3) is 0 Å². The van der Waals surface area contributed by atoms with Crippen LogP contribution >= 0.6 is 24.0 Å². The van der Waals surface area contributed by atoms with E-state index >= 15 is 0 Å². The Bertz CT molecular complexity index is 843. The highest BCUT2D eigenvalue weighted by Crippen LogP contribution is 2.23.